The maximum absolute atomic E-state index is 11.6. The molecule has 0 aromatic carbocycles. The number of aromatic nitrogens is 1. The molecule has 0 spiro atoms. The monoisotopic (exact) mass is 196 g/mol. The molecule has 1 fully saturated rings. The Bertz CT molecular complexity index is 350. The van der Waals surface area contributed by atoms with E-state index >= 15 is 0 Å². The number of allylic oxidation sites excluding steroid dienone is 1. The molecular weight excluding hydrogens is 186 g/mol. The maximum atomic E-state index is 11.6. The van der Waals surface area contributed by atoms with Gasteiger partial charge in [-0.2, -0.15) is 0 Å². The minimum atomic E-state index is 0.00523. The van der Waals surface area contributed by atoms with Crippen molar-refractivity contribution in [3.8, 4) is 0 Å². The van der Waals surface area contributed by atoms with Crippen molar-refractivity contribution in [2.24, 2.45) is 0 Å². The summed E-state index contributed by atoms with van der Waals surface area (Å²) in [5.41, 5.74) is 0.789. The first kappa shape index (κ1) is 10.1. The number of rotatable bonds is 3. The number of nitrogens with zero attached hydrogens (tertiary/aromatic N) is 1. The standard InChI is InChI=1S/C13H10NO/c15-13(11-5-1-2-6-11)9-8-12-7-3-4-10-14-12/h1-10H/b9-8+. The number of pyridine rings is 1. The first-order valence-electron chi connectivity index (χ1n) is 4.71. The fraction of sp³-hybridized carbons (Fsp3) is 0. The summed E-state index contributed by atoms with van der Waals surface area (Å²) < 4.78 is 0. The lowest BCUT2D eigenvalue weighted by atomic mass is 10.0. The number of hydrogen-bond donors (Lipinski definition) is 0. The molecule has 2 heteroatoms. The molecule has 5 radical (unpaired) electrons. The second kappa shape index (κ2) is 4.87. The van der Waals surface area contributed by atoms with Crippen molar-refractivity contribution < 1.29 is 4.79 Å². The lowest BCUT2D eigenvalue weighted by molar-refractivity contribution is -0.112. The van der Waals surface area contributed by atoms with Crippen LogP contribution in [0.1, 0.15) is 5.69 Å². The second-order valence-electron chi connectivity index (χ2n) is 3.13. The quantitative estimate of drug-likeness (QED) is 0.693. The van der Waals surface area contributed by atoms with Crippen LogP contribution in [0.4, 0.5) is 0 Å². The Morgan fingerprint density at radius 3 is 2.67 bits per heavy atom. The predicted octanol–water partition coefficient (Wildman–Crippen LogP) is 2.07. The molecule has 0 bridgehead atoms. The van der Waals surface area contributed by atoms with E-state index < -0.39 is 0 Å². The van der Waals surface area contributed by atoms with Gasteiger partial charge in [0.05, 0.1) is 11.6 Å². The van der Waals surface area contributed by atoms with Crippen LogP contribution in [0.3, 0.4) is 0 Å². The van der Waals surface area contributed by atoms with Gasteiger partial charge in [-0.05, 0) is 50.0 Å². The van der Waals surface area contributed by atoms with Gasteiger partial charge in [-0.3, -0.25) is 9.78 Å². The van der Waals surface area contributed by atoms with Gasteiger partial charge in [0.1, 0.15) is 0 Å². The molecule has 0 unspecified atom stereocenters. The van der Waals surface area contributed by atoms with Crippen LogP contribution in [-0.4, -0.2) is 10.8 Å². The van der Waals surface area contributed by atoms with Crippen LogP contribution in [-0.2, 0) is 4.79 Å². The zero-order valence-electron chi connectivity index (χ0n) is 8.13. The van der Waals surface area contributed by atoms with E-state index in [2.05, 4.69) is 4.98 Å². The highest BCUT2D eigenvalue weighted by Gasteiger charge is 2.22. The fourth-order valence-electron chi connectivity index (χ4n) is 1.27. The zero-order chi connectivity index (χ0) is 10.5. The maximum Gasteiger partial charge on any atom is 0.163 e. The van der Waals surface area contributed by atoms with Crippen LogP contribution < -0.4 is 0 Å². The third-order valence-corrected chi connectivity index (χ3v) is 2.04. The minimum Gasteiger partial charge on any atom is -0.294 e. The number of carbonyl (C=O) groups excluding carboxylic acids is 1. The van der Waals surface area contributed by atoms with E-state index in [0.717, 1.165) is 5.69 Å². The van der Waals surface area contributed by atoms with Crippen LogP contribution in [0.25, 0.3) is 6.08 Å². The van der Waals surface area contributed by atoms with Gasteiger partial charge in [-0.25, -0.2) is 0 Å². The SMILES string of the molecule is O=C(/C=C/c1ccccn1)[C]1[CH][CH][CH][CH]1. The summed E-state index contributed by atoms with van der Waals surface area (Å²) in [6.07, 6.45) is 12.2. The summed E-state index contributed by atoms with van der Waals surface area (Å²) in [6, 6.07) is 5.59. The molecule has 0 atom stereocenters. The van der Waals surface area contributed by atoms with E-state index in [1.54, 1.807) is 25.1 Å². The van der Waals surface area contributed by atoms with Gasteiger partial charge < -0.3 is 0 Å². The highest BCUT2D eigenvalue weighted by molar-refractivity contribution is 6.07. The van der Waals surface area contributed by atoms with Gasteiger partial charge in [-0.1, -0.05) is 6.07 Å². The number of ketones is 1. The summed E-state index contributed by atoms with van der Waals surface area (Å²) in [4.78, 5) is 15.7. The Morgan fingerprint density at radius 2 is 2.00 bits per heavy atom. The van der Waals surface area contributed by atoms with Gasteiger partial charge in [0.25, 0.3) is 0 Å². The third-order valence-electron chi connectivity index (χ3n) is 2.04. The molecule has 15 heavy (non-hydrogen) atoms. The Hall–Kier alpha value is -1.44. The smallest absolute Gasteiger partial charge is 0.163 e. The normalized spacial score (nSPS) is 17.3. The molecule has 0 N–H and O–H groups in total. The molecule has 1 aliphatic carbocycles. The van der Waals surface area contributed by atoms with Crippen molar-refractivity contribution in [1.82, 2.24) is 4.98 Å². The Morgan fingerprint density at radius 1 is 1.20 bits per heavy atom. The van der Waals surface area contributed by atoms with E-state index in [0.29, 0.717) is 5.92 Å². The van der Waals surface area contributed by atoms with Crippen molar-refractivity contribution in [2.45, 2.75) is 0 Å². The fourth-order valence-corrected chi connectivity index (χ4v) is 1.27. The Balaban J connectivity index is 1.96. The van der Waals surface area contributed by atoms with E-state index in [1.165, 1.54) is 6.08 Å². The molecule has 1 saturated carbocycles. The lowest BCUT2D eigenvalue weighted by Gasteiger charge is -2.00. The first-order valence-corrected chi connectivity index (χ1v) is 4.71. The molecule has 1 aromatic heterocycles. The summed E-state index contributed by atoms with van der Waals surface area (Å²) in [5, 5.41) is 0. The Kier molecular flexibility index (Phi) is 3.28. The highest BCUT2D eigenvalue weighted by Crippen LogP contribution is 2.24. The van der Waals surface area contributed by atoms with Crippen LogP contribution >= 0.6 is 0 Å². The molecule has 1 aliphatic rings. The topological polar surface area (TPSA) is 30.0 Å². The molecule has 0 aliphatic heterocycles. The van der Waals surface area contributed by atoms with Gasteiger partial charge >= 0.3 is 0 Å². The molecule has 0 saturated heterocycles. The van der Waals surface area contributed by atoms with Crippen molar-refractivity contribution in [2.75, 3.05) is 0 Å². The summed E-state index contributed by atoms with van der Waals surface area (Å²) in [6.45, 7) is 0. The van der Waals surface area contributed by atoms with E-state index in [4.69, 9.17) is 0 Å². The van der Waals surface area contributed by atoms with E-state index in [-0.39, 0.29) is 5.78 Å². The number of hydrogen-bond acceptors (Lipinski definition) is 2. The average Bonchev–Trinajstić information content (AvgIpc) is 2.81. The first-order chi connectivity index (χ1) is 7.36. The molecule has 73 valence electrons. The van der Waals surface area contributed by atoms with Gasteiger partial charge in [0, 0.05) is 6.20 Å². The van der Waals surface area contributed by atoms with Crippen LogP contribution in [0.15, 0.2) is 30.5 Å². The van der Waals surface area contributed by atoms with Crippen molar-refractivity contribution in [3.05, 3.63) is 67.8 Å². The largest absolute Gasteiger partial charge is 0.294 e. The van der Waals surface area contributed by atoms with Crippen LogP contribution in [0.5, 0.6) is 0 Å². The predicted molar refractivity (Wildman–Crippen MR) is 58.7 cm³/mol. The summed E-state index contributed by atoms with van der Waals surface area (Å²) in [7, 11) is 0. The third kappa shape index (κ3) is 2.75. The van der Waals surface area contributed by atoms with Gasteiger partial charge in [0.2, 0.25) is 0 Å². The average molecular weight is 196 g/mol. The van der Waals surface area contributed by atoms with Crippen LogP contribution in [0, 0.1) is 31.6 Å². The van der Waals surface area contributed by atoms with E-state index in [9.17, 15) is 4.79 Å². The van der Waals surface area contributed by atoms with E-state index in [1.807, 2.05) is 31.0 Å². The molecular formula is C13H10NO. The van der Waals surface area contributed by atoms with Crippen molar-refractivity contribution in [3.63, 3.8) is 0 Å². The van der Waals surface area contributed by atoms with Crippen LogP contribution in [0.2, 0.25) is 0 Å². The molecule has 2 nitrogen and oxygen atoms in total. The Labute approximate surface area is 90.0 Å². The van der Waals surface area contributed by atoms with Crippen molar-refractivity contribution in [1.29, 1.82) is 0 Å². The zero-order valence-corrected chi connectivity index (χ0v) is 8.13. The number of carbonyl (C=O) groups is 1. The van der Waals surface area contributed by atoms with Gasteiger partial charge in [0.15, 0.2) is 5.78 Å². The van der Waals surface area contributed by atoms with Gasteiger partial charge in [-0.15, -0.1) is 0 Å². The van der Waals surface area contributed by atoms with Crippen molar-refractivity contribution >= 4 is 11.9 Å². The molecule has 1 aromatic rings. The highest BCUT2D eigenvalue weighted by atomic mass is 16.1. The minimum absolute atomic E-state index is 0.00523. The summed E-state index contributed by atoms with van der Waals surface area (Å²) in [5.74, 6) is 0.716. The second-order valence-corrected chi connectivity index (χ2v) is 3.13. The summed E-state index contributed by atoms with van der Waals surface area (Å²) >= 11 is 0. The lowest BCUT2D eigenvalue weighted by Crippen LogP contribution is -2.05. The molecule has 2 rings (SSSR count). The molecule has 1 heterocycles. The molecule has 0 amide bonds.